The highest BCUT2D eigenvalue weighted by Gasteiger charge is 2.35. The van der Waals surface area contributed by atoms with Gasteiger partial charge in [0, 0.05) is 11.4 Å². The Morgan fingerprint density at radius 2 is 1.91 bits per heavy atom. The highest BCUT2D eigenvalue weighted by Crippen LogP contribution is 2.38. The molecular formula is C27H32N4O3S. The topological polar surface area (TPSA) is 78.3 Å². The van der Waals surface area contributed by atoms with Crippen molar-refractivity contribution in [1.29, 1.82) is 0 Å². The van der Waals surface area contributed by atoms with E-state index in [1.165, 1.54) is 5.56 Å². The lowest BCUT2D eigenvalue weighted by Crippen LogP contribution is -2.29. The van der Waals surface area contributed by atoms with Gasteiger partial charge in [0.15, 0.2) is 0 Å². The molecule has 1 aromatic heterocycles. The van der Waals surface area contributed by atoms with E-state index < -0.39 is 6.04 Å². The predicted octanol–water partition coefficient (Wildman–Crippen LogP) is 5.99. The number of esters is 1. The number of aromatic nitrogens is 3. The molecule has 1 aliphatic heterocycles. The maximum absolute atomic E-state index is 13.2. The van der Waals surface area contributed by atoms with Gasteiger partial charge in [-0.3, -0.25) is 0 Å². The number of allylic oxidation sites excluding steroid dienone is 1. The fourth-order valence-electron chi connectivity index (χ4n) is 3.87. The van der Waals surface area contributed by atoms with E-state index in [4.69, 9.17) is 19.6 Å². The molecule has 0 radical (unpaired) electrons. The Balaban J connectivity index is 1.67. The third kappa shape index (κ3) is 6.06. The van der Waals surface area contributed by atoms with Crippen LogP contribution in [0.15, 0.2) is 71.0 Å². The van der Waals surface area contributed by atoms with E-state index in [1.54, 1.807) is 16.4 Å². The number of ether oxygens (including phenoxy) is 2. The van der Waals surface area contributed by atoms with Gasteiger partial charge in [0.25, 0.3) is 0 Å². The zero-order chi connectivity index (χ0) is 24.6. The SMILES string of the molecule is CCCCOC(=O)C1=C(C)Nc2nc(SCc3ccccc3)nn2C1c1cccc(OCCC)c1. The number of carbonyl (C=O) groups is 1. The molecule has 3 aromatic rings. The number of fused-ring (bicyclic) bond motifs is 1. The molecule has 8 heteroatoms. The molecule has 4 rings (SSSR count). The van der Waals surface area contributed by atoms with Gasteiger partial charge in [-0.25, -0.2) is 9.48 Å². The standard InChI is InChI=1S/C27H32N4O3S/c1-4-6-16-34-25(32)23-19(3)28-26-29-27(35-18-20-11-8-7-9-12-20)30-31(26)24(23)21-13-10-14-22(17-21)33-15-5-2/h7-14,17,24H,4-6,15-16,18H2,1-3H3,(H,28,29,30). The molecule has 0 amide bonds. The first kappa shape index (κ1) is 24.9. The zero-order valence-electron chi connectivity index (χ0n) is 20.5. The van der Waals surface area contributed by atoms with Crippen molar-refractivity contribution in [1.82, 2.24) is 14.8 Å². The van der Waals surface area contributed by atoms with Gasteiger partial charge in [0.2, 0.25) is 11.1 Å². The van der Waals surface area contributed by atoms with E-state index in [0.29, 0.717) is 29.9 Å². The van der Waals surface area contributed by atoms with Crippen LogP contribution in [-0.2, 0) is 15.3 Å². The first-order valence-electron chi connectivity index (χ1n) is 12.1. The summed E-state index contributed by atoms with van der Waals surface area (Å²) >= 11 is 1.56. The monoisotopic (exact) mass is 492 g/mol. The maximum atomic E-state index is 13.2. The summed E-state index contributed by atoms with van der Waals surface area (Å²) < 4.78 is 13.3. The van der Waals surface area contributed by atoms with Crippen molar-refractivity contribution < 1.29 is 14.3 Å². The minimum Gasteiger partial charge on any atom is -0.494 e. The molecule has 1 aliphatic rings. The van der Waals surface area contributed by atoms with Crippen LogP contribution in [0.4, 0.5) is 5.95 Å². The third-order valence-corrected chi connectivity index (χ3v) is 6.55. The Morgan fingerprint density at radius 1 is 1.09 bits per heavy atom. The molecule has 0 spiro atoms. The summed E-state index contributed by atoms with van der Waals surface area (Å²) in [5.41, 5.74) is 3.35. The van der Waals surface area contributed by atoms with E-state index in [1.807, 2.05) is 49.4 Å². The molecule has 0 bridgehead atoms. The highest BCUT2D eigenvalue weighted by molar-refractivity contribution is 7.98. The lowest BCUT2D eigenvalue weighted by molar-refractivity contribution is -0.139. The Morgan fingerprint density at radius 3 is 2.69 bits per heavy atom. The van der Waals surface area contributed by atoms with E-state index in [0.717, 1.165) is 42.0 Å². The summed E-state index contributed by atoms with van der Waals surface area (Å²) in [4.78, 5) is 18.0. The van der Waals surface area contributed by atoms with E-state index in [-0.39, 0.29) is 5.97 Å². The smallest absolute Gasteiger partial charge is 0.338 e. The van der Waals surface area contributed by atoms with Crippen molar-refractivity contribution in [2.24, 2.45) is 0 Å². The number of nitrogens with one attached hydrogen (secondary N) is 1. The number of hydrogen-bond donors (Lipinski definition) is 1. The maximum Gasteiger partial charge on any atom is 0.338 e. The first-order chi connectivity index (χ1) is 17.1. The first-order valence-corrected chi connectivity index (χ1v) is 13.1. The molecular weight excluding hydrogens is 460 g/mol. The molecule has 35 heavy (non-hydrogen) atoms. The van der Waals surface area contributed by atoms with E-state index in [2.05, 4.69) is 31.3 Å². The molecule has 1 atom stereocenters. The molecule has 0 fully saturated rings. The van der Waals surface area contributed by atoms with Crippen LogP contribution in [0.2, 0.25) is 0 Å². The van der Waals surface area contributed by atoms with Crippen LogP contribution in [0.1, 0.15) is 57.2 Å². The summed E-state index contributed by atoms with van der Waals surface area (Å²) in [6, 6.07) is 17.6. The summed E-state index contributed by atoms with van der Waals surface area (Å²) in [5, 5.41) is 8.72. The number of thioether (sulfide) groups is 1. The number of anilines is 1. The Hall–Kier alpha value is -3.26. The zero-order valence-corrected chi connectivity index (χ0v) is 21.3. The van der Waals surface area contributed by atoms with Crippen LogP contribution in [0.5, 0.6) is 5.75 Å². The largest absolute Gasteiger partial charge is 0.494 e. The van der Waals surface area contributed by atoms with Gasteiger partial charge in [-0.05, 0) is 43.0 Å². The average molecular weight is 493 g/mol. The average Bonchev–Trinajstić information content (AvgIpc) is 3.28. The molecule has 0 saturated carbocycles. The van der Waals surface area contributed by atoms with Gasteiger partial charge in [-0.15, -0.1) is 5.10 Å². The Labute approximate surface area is 210 Å². The quantitative estimate of drug-likeness (QED) is 0.200. The van der Waals surface area contributed by atoms with Gasteiger partial charge in [0.05, 0.1) is 18.8 Å². The fraction of sp³-hybridized carbons (Fsp3) is 0.370. The molecule has 184 valence electrons. The van der Waals surface area contributed by atoms with Crippen molar-refractivity contribution in [2.75, 3.05) is 18.5 Å². The number of hydrogen-bond acceptors (Lipinski definition) is 7. The lowest BCUT2D eigenvalue weighted by atomic mass is 9.95. The molecule has 2 heterocycles. The summed E-state index contributed by atoms with van der Waals surface area (Å²) in [6.45, 7) is 7.05. The summed E-state index contributed by atoms with van der Waals surface area (Å²) in [7, 11) is 0. The minimum absolute atomic E-state index is 0.340. The van der Waals surface area contributed by atoms with Crippen LogP contribution < -0.4 is 10.1 Å². The number of nitrogens with zero attached hydrogens (tertiary/aromatic N) is 3. The molecule has 1 N–H and O–H groups in total. The van der Waals surface area contributed by atoms with Gasteiger partial charge < -0.3 is 14.8 Å². The molecule has 0 aliphatic carbocycles. The van der Waals surface area contributed by atoms with Crippen LogP contribution in [0, 0.1) is 0 Å². The highest BCUT2D eigenvalue weighted by atomic mass is 32.2. The molecule has 0 saturated heterocycles. The number of carbonyl (C=O) groups excluding carboxylic acids is 1. The van der Waals surface area contributed by atoms with Gasteiger partial charge in [-0.2, -0.15) is 4.98 Å². The lowest BCUT2D eigenvalue weighted by Gasteiger charge is -2.28. The predicted molar refractivity (Wildman–Crippen MR) is 139 cm³/mol. The van der Waals surface area contributed by atoms with Crippen molar-refractivity contribution in [3.05, 3.63) is 77.0 Å². The second-order valence-corrected chi connectivity index (χ2v) is 9.36. The minimum atomic E-state index is -0.468. The van der Waals surface area contributed by atoms with Crippen LogP contribution in [-0.4, -0.2) is 33.9 Å². The fourth-order valence-corrected chi connectivity index (χ4v) is 4.65. The van der Waals surface area contributed by atoms with Gasteiger partial charge in [-0.1, -0.05) is 74.5 Å². The molecule has 7 nitrogen and oxygen atoms in total. The third-order valence-electron chi connectivity index (χ3n) is 5.64. The van der Waals surface area contributed by atoms with Crippen LogP contribution in [0.3, 0.4) is 0 Å². The number of benzene rings is 2. The van der Waals surface area contributed by atoms with Crippen molar-refractivity contribution in [3.63, 3.8) is 0 Å². The number of rotatable bonds is 11. The second kappa shape index (κ2) is 11.9. The van der Waals surface area contributed by atoms with Crippen LogP contribution >= 0.6 is 11.8 Å². The Bertz CT molecular complexity index is 1180. The van der Waals surface area contributed by atoms with Crippen LogP contribution in [0.25, 0.3) is 0 Å². The Kier molecular flexibility index (Phi) is 8.47. The summed E-state index contributed by atoms with van der Waals surface area (Å²) in [6.07, 6.45) is 2.70. The molecule has 2 aromatic carbocycles. The molecule has 1 unspecified atom stereocenters. The normalized spacial score (nSPS) is 14.9. The van der Waals surface area contributed by atoms with E-state index >= 15 is 0 Å². The van der Waals surface area contributed by atoms with Gasteiger partial charge in [0.1, 0.15) is 11.8 Å². The van der Waals surface area contributed by atoms with E-state index in [9.17, 15) is 4.79 Å². The summed E-state index contributed by atoms with van der Waals surface area (Å²) in [5.74, 6) is 1.79. The van der Waals surface area contributed by atoms with Gasteiger partial charge >= 0.3 is 5.97 Å². The number of unbranched alkanes of at least 4 members (excludes halogenated alkanes) is 1. The second-order valence-electron chi connectivity index (χ2n) is 8.41. The van der Waals surface area contributed by atoms with Crippen molar-refractivity contribution in [2.45, 2.75) is 57.0 Å². The van der Waals surface area contributed by atoms with Crippen molar-refractivity contribution >= 4 is 23.7 Å². The van der Waals surface area contributed by atoms with Crippen molar-refractivity contribution in [3.8, 4) is 5.75 Å².